The summed E-state index contributed by atoms with van der Waals surface area (Å²) in [7, 11) is 0. The molecule has 2 aromatic rings. The number of furan rings is 1. The fourth-order valence-corrected chi connectivity index (χ4v) is 3.27. The Balaban J connectivity index is 1.43. The maximum absolute atomic E-state index is 12.5. The molecule has 0 bridgehead atoms. The van der Waals surface area contributed by atoms with Gasteiger partial charge in [0.15, 0.2) is 0 Å². The summed E-state index contributed by atoms with van der Waals surface area (Å²) in [6, 6.07) is 5.82. The molecular weight excluding hydrogens is 320 g/mol. The number of morpholine rings is 1. The Morgan fingerprint density at radius 3 is 2.88 bits per heavy atom. The molecule has 0 spiro atoms. The Kier molecular flexibility index (Phi) is 4.59. The first-order valence-electron chi connectivity index (χ1n) is 8.92. The third kappa shape index (κ3) is 3.77. The van der Waals surface area contributed by atoms with Crippen LogP contribution >= 0.6 is 0 Å². The molecule has 2 aromatic heterocycles. The van der Waals surface area contributed by atoms with Crippen LogP contribution in [0.25, 0.3) is 0 Å². The Bertz CT molecular complexity index is 728. The van der Waals surface area contributed by atoms with Crippen LogP contribution < -0.4 is 5.32 Å². The van der Waals surface area contributed by atoms with E-state index in [9.17, 15) is 4.79 Å². The van der Waals surface area contributed by atoms with E-state index < -0.39 is 0 Å². The SMILES string of the molecule is Cc1ccc([C@H](CNC(=O)c2cc(C3CC3)[nH]n2)N2CCOCC2)o1. The third-order valence-corrected chi connectivity index (χ3v) is 4.88. The lowest BCUT2D eigenvalue weighted by molar-refractivity contribution is 0.0117. The van der Waals surface area contributed by atoms with Crippen molar-refractivity contribution >= 4 is 5.91 Å². The summed E-state index contributed by atoms with van der Waals surface area (Å²) in [6.07, 6.45) is 2.36. The van der Waals surface area contributed by atoms with E-state index in [1.54, 1.807) is 0 Å². The van der Waals surface area contributed by atoms with Gasteiger partial charge in [0, 0.05) is 31.2 Å². The maximum atomic E-state index is 12.5. The van der Waals surface area contributed by atoms with Crippen molar-refractivity contribution in [1.82, 2.24) is 20.4 Å². The van der Waals surface area contributed by atoms with Gasteiger partial charge in [0.1, 0.15) is 17.2 Å². The Morgan fingerprint density at radius 1 is 1.40 bits per heavy atom. The number of hydrogen-bond acceptors (Lipinski definition) is 5. The number of nitrogens with zero attached hydrogens (tertiary/aromatic N) is 2. The monoisotopic (exact) mass is 344 g/mol. The highest BCUT2D eigenvalue weighted by atomic mass is 16.5. The summed E-state index contributed by atoms with van der Waals surface area (Å²) in [5.74, 6) is 2.16. The number of aromatic amines is 1. The standard InChI is InChI=1S/C18H24N4O3/c1-12-2-5-17(25-12)16(22-6-8-24-9-7-22)11-19-18(23)15-10-14(20-21-15)13-3-4-13/h2,5,10,13,16H,3-4,6-9,11H2,1H3,(H,19,23)(H,20,21)/t16-/m0/s1. The highest BCUT2D eigenvalue weighted by Gasteiger charge is 2.28. The number of aryl methyl sites for hydroxylation is 1. The van der Waals surface area contributed by atoms with Crippen LogP contribution in [0.15, 0.2) is 22.6 Å². The molecule has 2 fully saturated rings. The highest BCUT2D eigenvalue weighted by molar-refractivity contribution is 5.92. The number of carbonyl (C=O) groups excluding carboxylic acids is 1. The number of H-pyrrole nitrogens is 1. The lowest BCUT2D eigenvalue weighted by atomic mass is 10.1. The molecule has 1 aliphatic heterocycles. The molecule has 1 atom stereocenters. The first kappa shape index (κ1) is 16.4. The van der Waals surface area contributed by atoms with Crippen molar-refractivity contribution in [3.63, 3.8) is 0 Å². The van der Waals surface area contributed by atoms with Gasteiger partial charge in [-0.3, -0.25) is 14.8 Å². The van der Waals surface area contributed by atoms with E-state index >= 15 is 0 Å². The fourth-order valence-electron chi connectivity index (χ4n) is 3.27. The summed E-state index contributed by atoms with van der Waals surface area (Å²) in [5, 5.41) is 10.1. The molecule has 0 aromatic carbocycles. The average molecular weight is 344 g/mol. The lowest BCUT2D eigenvalue weighted by Crippen LogP contribution is -2.43. The number of rotatable bonds is 6. The summed E-state index contributed by atoms with van der Waals surface area (Å²) in [6.45, 7) is 5.48. The number of carbonyl (C=O) groups is 1. The lowest BCUT2D eigenvalue weighted by Gasteiger charge is -2.33. The third-order valence-electron chi connectivity index (χ3n) is 4.88. The van der Waals surface area contributed by atoms with E-state index in [2.05, 4.69) is 20.4 Å². The molecule has 2 aliphatic rings. The van der Waals surface area contributed by atoms with Crippen molar-refractivity contribution in [2.24, 2.45) is 0 Å². The second-order valence-electron chi connectivity index (χ2n) is 6.81. The number of nitrogens with one attached hydrogen (secondary N) is 2. The molecule has 1 saturated carbocycles. The van der Waals surface area contributed by atoms with Crippen LogP contribution in [0, 0.1) is 6.92 Å². The number of hydrogen-bond donors (Lipinski definition) is 2. The number of aromatic nitrogens is 2. The second kappa shape index (κ2) is 7.01. The van der Waals surface area contributed by atoms with Gasteiger partial charge in [-0.25, -0.2) is 0 Å². The van der Waals surface area contributed by atoms with Gasteiger partial charge in [-0.15, -0.1) is 0 Å². The molecule has 25 heavy (non-hydrogen) atoms. The van der Waals surface area contributed by atoms with E-state index in [1.807, 2.05) is 25.1 Å². The molecule has 2 N–H and O–H groups in total. The van der Waals surface area contributed by atoms with Gasteiger partial charge in [-0.05, 0) is 38.0 Å². The summed E-state index contributed by atoms with van der Waals surface area (Å²) in [5.41, 5.74) is 1.52. The first-order chi connectivity index (χ1) is 12.2. The molecule has 7 heteroatoms. The summed E-state index contributed by atoms with van der Waals surface area (Å²) in [4.78, 5) is 14.8. The van der Waals surface area contributed by atoms with Crippen LogP contribution in [0.3, 0.4) is 0 Å². The summed E-state index contributed by atoms with van der Waals surface area (Å²) >= 11 is 0. The number of ether oxygens (including phenoxy) is 1. The van der Waals surface area contributed by atoms with Crippen LogP contribution in [-0.2, 0) is 4.74 Å². The van der Waals surface area contributed by atoms with Crippen LogP contribution in [-0.4, -0.2) is 53.9 Å². The van der Waals surface area contributed by atoms with Gasteiger partial charge in [0.05, 0.1) is 19.3 Å². The molecule has 4 rings (SSSR count). The van der Waals surface area contributed by atoms with E-state index in [-0.39, 0.29) is 11.9 Å². The average Bonchev–Trinajstić information content (AvgIpc) is 3.20. The van der Waals surface area contributed by atoms with Gasteiger partial charge in [0.25, 0.3) is 5.91 Å². The van der Waals surface area contributed by atoms with Gasteiger partial charge < -0.3 is 14.5 Å². The molecule has 1 aliphatic carbocycles. The van der Waals surface area contributed by atoms with Gasteiger partial charge in [-0.1, -0.05) is 0 Å². The van der Waals surface area contributed by atoms with Crippen molar-refractivity contribution in [3.05, 3.63) is 41.1 Å². The number of amides is 1. The minimum Gasteiger partial charge on any atom is -0.465 e. The molecule has 1 saturated heterocycles. The van der Waals surface area contributed by atoms with Gasteiger partial charge in [-0.2, -0.15) is 5.10 Å². The zero-order valence-corrected chi connectivity index (χ0v) is 14.5. The van der Waals surface area contributed by atoms with Crippen LogP contribution in [0.1, 0.15) is 52.5 Å². The van der Waals surface area contributed by atoms with Crippen molar-refractivity contribution in [2.45, 2.75) is 31.7 Å². The Labute approximate surface area is 146 Å². The van der Waals surface area contributed by atoms with E-state index in [4.69, 9.17) is 9.15 Å². The Hall–Kier alpha value is -2.12. The Morgan fingerprint density at radius 2 is 2.20 bits per heavy atom. The molecule has 0 radical (unpaired) electrons. The highest BCUT2D eigenvalue weighted by Crippen LogP contribution is 2.39. The molecule has 7 nitrogen and oxygen atoms in total. The van der Waals surface area contributed by atoms with Crippen LogP contribution in [0.5, 0.6) is 0 Å². The molecule has 0 unspecified atom stereocenters. The molecule has 134 valence electrons. The quantitative estimate of drug-likeness (QED) is 0.837. The fraction of sp³-hybridized carbons (Fsp3) is 0.556. The topological polar surface area (TPSA) is 83.4 Å². The van der Waals surface area contributed by atoms with Gasteiger partial charge in [0.2, 0.25) is 0 Å². The van der Waals surface area contributed by atoms with Crippen LogP contribution in [0.2, 0.25) is 0 Å². The molecule has 1 amide bonds. The normalized spacial score (nSPS) is 19.7. The molecule has 3 heterocycles. The largest absolute Gasteiger partial charge is 0.465 e. The smallest absolute Gasteiger partial charge is 0.271 e. The van der Waals surface area contributed by atoms with Crippen molar-refractivity contribution in [3.8, 4) is 0 Å². The minimum atomic E-state index is -0.148. The van der Waals surface area contributed by atoms with E-state index in [0.29, 0.717) is 31.4 Å². The van der Waals surface area contributed by atoms with Crippen LogP contribution in [0.4, 0.5) is 0 Å². The van der Waals surface area contributed by atoms with Crippen molar-refractivity contribution in [1.29, 1.82) is 0 Å². The predicted molar refractivity (Wildman–Crippen MR) is 91.5 cm³/mol. The maximum Gasteiger partial charge on any atom is 0.271 e. The summed E-state index contributed by atoms with van der Waals surface area (Å²) < 4.78 is 11.3. The molecular formula is C18H24N4O3. The first-order valence-corrected chi connectivity index (χ1v) is 8.92. The van der Waals surface area contributed by atoms with E-state index in [1.165, 1.54) is 12.8 Å². The second-order valence-corrected chi connectivity index (χ2v) is 6.81. The van der Waals surface area contributed by atoms with Crippen molar-refractivity contribution < 1.29 is 13.9 Å². The minimum absolute atomic E-state index is 0.00314. The zero-order valence-electron chi connectivity index (χ0n) is 14.5. The predicted octanol–water partition coefficient (Wildman–Crippen LogP) is 1.99. The van der Waals surface area contributed by atoms with Crippen molar-refractivity contribution in [2.75, 3.05) is 32.8 Å². The zero-order chi connectivity index (χ0) is 17.2. The van der Waals surface area contributed by atoms with Gasteiger partial charge >= 0.3 is 0 Å². The van der Waals surface area contributed by atoms with E-state index in [0.717, 1.165) is 30.3 Å².